The first-order valence-corrected chi connectivity index (χ1v) is 7.17. The van der Waals surface area contributed by atoms with Gasteiger partial charge in [0.2, 0.25) is 0 Å². The number of benzene rings is 1. The summed E-state index contributed by atoms with van der Waals surface area (Å²) < 4.78 is 42.5. The summed E-state index contributed by atoms with van der Waals surface area (Å²) in [5.41, 5.74) is -0.743. The Balaban J connectivity index is 1.78. The number of ether oxygens (including phenoxy) is 1. The van der Waals surface area contributed by atoms with Gasteiger partial charge in [0.25, 0.3) is 5.91 Å². The molecule has 1 fully saturated rings. The van der Waals surface area contributed by atoms with Crippen LogP contribution >= 0.6 is 0 Å². The molecular formula is C15H19F3N2O2. The molecule has 7 heteroatoms. The van der Waals surface area contributed by atoms with Crippen molar-refractivity contribution in [2.75, 3.05) is 13.2 Å². The zero-order valence-corrected chi connectivity index (χ0v) is 12.2. The van der Waals surface area contributed by atoms with Gasteiger partial charge in [0.15, 0.2) is 6.61 Å². The fourth-order valence-electron chi connectivity index (χ4n) is 2.42. The molecule has 4 nitrogen and oxygen atoms in total. The number of amides is 1. The van der Waals surface area contributed by atoms with Crippen LogP contribution in [0.2, 0.25) is 0 Å². The molecular weight excluding hydrogens is 297 g/mol. The van der Waals surface area contributed by atoms with Crippen molar-refractivity contribution < 1.29 is 22.7 Å². The van der Waals surface area contributed by atoms with Crippen LogP contribution in [0.1, 0.15) is 25.3 Å². The molecule has 2 atom stereocenters. The SMILES string of the molecule is CC1CC(NC(=O)COc2ccc(C(F)(F)F)cc2)CCN1. The van der Waals surface area contributed by atoms with E-state index in [1.165, 1.54) is 12.1 Å². The molecule has 0 bridgehead atoms. The van der Waals surface area contributed by atoms with E-state index < -0.39 is 11.7 Å². The molecule has 1 amide bonds. The lowest BCUT2D eigenvalue weighted by molar-refractivity contribution is -0.137. The minimum Gasteiger partial charge on any atom is -0.484 e. The van der Waals surface area contributed by atoms with Crippen molar-refractivity contribution in [3.63, 3.8) is 0 Å². The Morgan fingerprint density at radius 1 is 1.36 bits per heavy atom. The number of piperidine rings is 1. The number of rotatable bonds is 4. The highest BCUT2D eigenvalue weighted by Crippen LogP contribution is 2.30. The Morgan fingerprint density at radius 3 is 2.64 bits per heavy atom. The molecule has 0 radical (unpaired) electrons. The topological polar surface area (TPSA) is 50.4 Å². The molecule has 1 saturated heterocycles. The first-order chi connectivity index (χ1) is 10.3. The zero-order chi connectivity index (χ0) is 16.2. The van der Waals surface area contributed by atoms with Gasteiger partial charge in [-0.25, -0.2) is 0 Å². The Morgan fingerprint density at radius 2 is 2.05 bits per heavy atom. The van der Waals surface area contributed by atoms with Gasteiger partial charge < -0.3 is 15.4 Å². The predicted octanol–water partition coefficient (Wildman–Crippen LogP) is 2.34. The van der Waals surface area contributed by atoms with Gasteiger partial charge in [0.05, 0.1) is 5.56 Å². The van der Waals surface area contributed by atoms with Crippen molar-refractivity contribution in [3.8, 4) is 5.75 Å². The Kier molecular flexibility index (Phi) is 5.28. The van der Waals surface area contributed by atoms with E-state index in [1.54, 1.807) is 0 Å². The van der Waals surface area contributed by atoms with Gasteiger partial charge in [-0.2, -0.15) is 13.2 Å². The number of alkyl halides is 3. The van der Waals surface area contributed by atoms with E-state index in [9.17, 15) is 18.0 Å². The van der Waals surface area contributed by atoms with Crippen LogP contribution in [-0.2, 0) is 11.0 Å². The van der Waals surface area contributed by atoms with Gasteiger partial charge >= 0.3 is 6.18 Å². The van der Waals surface area contributed by atoms with Gasteiger partial charge in [-0.1, -0.05) is 0 Å². The van der Waals surface area contributed by atoms with Crippen LogP contribution < -0.4 is 15.4 Å². The number of halogens is 3. The molecule has 122 valence electrons. The van der Waals surface area contributed by atoms with E-state index in [0.717, 1.165) is 31.5 Å². The number of hydrogen-bond donors (Lipinski definition) is 2. The highest BCUT2D eigenvalue weighted by Gasteiger charge is 2.30. The summed E-state index contributed by atoms with van der Waals surface area (Å²) in [6.07, 6.45) is -2.66. The Labute approximate surface area is 127 Å². The average Bonchev–Trinajstić information content (AvgIpc) is 2.45. The fraction of sp³-hybridized carbons (Fsp3) is 0.533. The average molecular weight is 316 g/mol. The van der Waals surface area contributed by atoms with Crippen molar-refractivity contribution in [2.24, 2.45) is 0 Å². The standard InChI is InChI=1S/C15H19F3N2O2/c1-10-8-12(6-7-19-10)20-14(21)9-22-13-4-2-11(3-5-13)15(16,17)18/h2-5,10,12,19H,6-9H2,1H3,(H,20,21). The summed E-state index contributed by atoms with van der Waals surface area (Å²) in [5, 5.41) is 6.16. The molecule has 1 aromatic carbocycles. The maximum absolute atomic E-state index is 12.4. The third-order valence-electron chi connectivity index (χ3n) is 3.54. The third-order valence-corrected chi connectivity index (χ3v) is 3.54. The predicted molar refractivity (Wildman–Crippen MR) is 75.6 cm³/mol. The second kappa shape index (κ2) is 7.00. The molecule has 1 aliphatic rings. The third kappa shape index (κ3) is 4.91. The van der Waals surface area contributed by atoms with Crippen molar-refractivity contribution in [3.05, 3.63) is 29.8 Å². The molecule has 2 N–H and O–H groups in total. The molecule has 1 aliphatic heterocycles. The summed E-state index contributed by atoms with van der Waals surface area (Å²) in [7, 11) is 0. The Bertz CT molecular complexity index is 503. The molecule has 2 rings (SSSR count). The second-order valence-electron chi connectivity index (χ2n) is 5.45. The summed E-state index contributed by atoms with van der Waals surface area (Å²) in [4.78, 5) is 11.8. The van der Waals surface area contributed by atoms with Crippen molar-refractivity contribution in [1.82, 2.24) is 10.6 Å². The van der Waals surface area contributed by atoms with Crippen LogP contribution in [0.5, 0.6) is 5.75 Å². The molecule has 0 aromatic heterocycles. The minimum atomic E-state index is -4.37. The van der Waals surface area contributed by atoms with Crippen LogP contribution in [0.4, 0.5) is 13.2 Å². The largest absolute Gasteiger partial charge is 0.484 e. The molecule has 1 heterocycles. The van der Waals surface area contributed by atoms with E-state index >= 15 is 0 Å². The minimum absolute atomic E-state index is 0.111. The van der Waals surface area contributed by atoms with E-state index in [2.05, 4.69) is 17.6 Å². The normalized spacial score (nSPS) is 22.2. The van der Waals surface area contributed by atoms with Gasteiger partial charge in [-0.05, 0) is 50.6 Å². The van der Waals surface area contributed by atoms with Crippen molar-refractivity contribution in [1.29, 1.82) is 0 Å². The lowest BCUT2D eigenvalue weighted by Crippen LogP contribution is -2.47. The molecule has 22 heavy (non-hydrogen) atoms. The van der Waals surface area contributed by atoms with Crippen LogP contribution in [0.3, 0.4) is 0 Å². The first kappa shape index (κ1) is 16.6. The van der Waals surface area contributed by atoms with Crippen LogP contribution in [-0.4, -0.2) is 31.1 Å². The van der Waals surface area contributed by atoms with Crippen LogP contribution in [0, 0.1) is 0 Å². The van der Waals surface area contributed by atoms with Gasteiger partial charge in [-0.15, -0.1) is 0 Å². The van der Waals surface area contributed by atoms with Gasteiger partial charge in [0, 0.05) is 12.1 Å². The fourth-order valence-corrected chi connectivity index (χ4v) is 2.42. The number of carbonyl (C=O) groups excluding carboxylic acids is 1. The Hall–Kier alpha value is -1.76. The van der Waals surface area contributed by atoms with Crippen molar-refractivity contribution in [2.45, 2.75) is 38.0 Å². The number of carbonyl (C=O) groups is 1. The molecule has 0 aliphatic carbocycles. The van der Waals surface area contributed by atoms with Crippen LogP contribution in [0.25, 0.3) is 0 Å². The number of hydrogen-bond acceptors (Lipinski definition) is 3. The molecule has 2 unspecified atom stereocenters. The molecule has 1 aromatic rings. The van der Waals surface area contributed by atoms with E-state index in [1.807, 2.05) is 0 Å². The lowest BCUT2D eigenvalue weighted by atomic mass is 10.0. The van der Waals surface area contributed by atoms with Crippen LogP contribution in [0.15, 0.2) is 24.3 Å². The zero-order valence-electron chi connectivity index (χ0n) is 12.2. The van der Waals surface area contributed by atoms with Gasteiger partial charge in [-0.3, -0.25) is 4.79 Å². The summed E-state index contributed by atoms with van der Waals surface area (Å²) in [5.74, 6) is -0.0270. The van der Waals surface area contributed by atoms with Gasteiger partial charge in [0.1, 0.15) is 5.75 Å². The number of nitrogens with one attached hydrogen (secondary N) is 2. The summed E-state index contributed by atoms with van der Waals surface area (Å²) >= 11 is 0. The monoisotopic (exact) mass is 316 g/mol. The van der Waals surface area contributed by atoms with Crippen molar-refractivity contribution >= 4 is 5.91 Å². The molecule has 0 saturated carbocycles. The lowest BCUT2D eigenvalue weighted by Gasteiger charge is -2.28. The summed E-state index contributed by atoms with van der Waals surface area (Å²) in [6, 6.07) is 4.75. The maximum atomic E-state index is 12.4. The molecule has 0 spiro atoms. The smallest absolute Gasteiger partial charge is 0.416 e. The highest BCUT2D eigenvalue weighted by atomic mass is 19.4. The maximum Gasteiger partial charge on any atom is 0.416 e. The first-order valence-electron chi connectivity index (χ1n) is 7.17. The highest BCUT2D eigenvalue weighted by molar-refractivity contribution is 5.77. The summed E-state index contributed by atoms with van der Waals surface area (Å²) in [6.45, 7) is 2.70. The van der Waals surface area contributed by atoms with E-state index in [0.29, 0.717) is 6.04 Å². The van der Waals surface area contributed by atoms with E-state index in [-0.39, 0.29) is 24.3 Å². The second-order valence-corrected chi connectivity index (χ2v) is 5.45. The van der Waals surface area contributed by atoms with E-state index in [4.69, 9.17) is 4.74 Å². The quantitative estimate of drug-likeness (QED) is 0.896.